The van der Waals surface area contributed by atoms with Gasteiger partial charge in [-0.15, -0.1) is 0 Å². The average molecular weight is 551 g/mol. The molecule has 2 aliphatic heterocycles. The van der Waals surface area contributed by atoms with Crippen LogP contribution in [-0.2, 0) is 36.4 Å². The summed E-state index contributed by atoms with van der Waals surface area (Å²) in [6.45, 7) is 5.08. The molecule has 1 amide bonds. The molecule has 0 aliphatic carbocycles. The smallest absolute Gasteiger partial charge is 0.417 e. The number of benzene rings is 2. The number of carbonyl (C=O) groups is 2. The third-order valence-corrected chi connectivity index (χ3v) is 7.46. The van der Waals surface area contributed by atoms with Gasteiger partial charge >= 0.3 is 12.1 Å². The van der Waals surface area contributed by atoms with Crippen LogP contribution in [0.4, 0.5) is 13.2 Å². The maximum absolute atomic E-state index is 14.1. The summed E-state index contributed by atoms with van der Waals surface area (Å²) >= 11 is 0.935. The molecule has 2 aromatic rings. The first kappa shape index (κ1) is 28.2. The van der Waals surface area contributed by atoms with Crippen molar-refractivity contribution < 1.29 is 37.0 Å². The largest absolute Gasteiger partial charge is 0.467 e. The molecule has 2 aromatic carbocycles. The molecule has 0 aromatic heterocycles. The lowest BCUT2D eigenvalue weighted by atomic mass is 10.0. The number of rotatable bonds is 7. The van der Waals surface area contributed by atoms with Crippen molar-refractivity contribution in [2.75, 3.05) is 40.0 Å². The van der Waals surface area contributed by atoms with Crippen molar-refractivity contribution in [1.82, 2.24) is 10.2 Å². The Morgan fingerprint density at radius 3 is 2.66 bits per heavy atom. The van der Waals surface area contributed by atoms with Gasteiger partial charge in [-0.25, -0.2) is 4.79 Å². The van der Waals surface area contributed by atoms with Crippen molar-refractivity contribution in [3.8, 4) is 0 Å². The number of carbonyl (C=O) groups excluding carboxylic acids is 2. The number of methoxy groups -OCH3 is 1. The van der Waals surface area contributed by atoms with Crippen molar-refractivity contribution in [2.45, 2.75) is 35.1 Å². The van der Waals surface area contributed by atoms with Crippen molar-refractivity contribution in [3.05, 3.63) is 71.8 Å². The van der Waals surface area contributed by atoms with Crippen molar-refractivity contribution in [1.29, 1.82) is 0 Å². The number of thioether (sulfide) groups is 1. The molecule has 0 saturated carbocycles. The lowest BCUT2D eigenvalue weighted by Gasteiger charge is -2.34. The van der Waals surface area contributed by atoms with Crippen molar-refractivity contribution in [2.24, 2.45) is 0 Å². The van der Waals surface area contributed by atoms with Crippen LogP contribution >= 0.6 is 11.8 Å². The van der Waals surface area contributed by atoms with Gasteiger partial charge < -0.3 is 24.4 Å². The number of amides is 1. The van der Waals surface area contributed by atoms with Gasteiger partial charge in [0.25, 0.3) is 5.91 Å². The van der Waals surface area contributed by atoms with Gasteiger partial charge in [-0.2, -0.15) is 13.2 Å². The SMILES string of the molecule is C=C(C(=O)N1CCNCC1C(=O)OC)c1ccc(SC2COCC(Cc3ccccc3)O2)c(C(F)(F)F)c1. The third kappa shape index (κ3) is 6.76. The molecule has 7 nitrogen and oxygen atoms in total. The number of ether oxygens (including phenoxy) is 3. The number of hydrogen-bond donors (Lipinski definition) is 1. The van der Waals surface area contributed by atoms with Gasteiger partial charge in [0.05, 0.1) is 32.0 Å². The minimum atomic E-state index is -4.68. The summed E-state index contributed by atoms with van der Waals surface area (Å²) in [5.74, 6) is -1.23. The number of piperazine rings is 1. The number of nitrogens with one attached hydrogen (secondary N) is 1. The van der Waals surface area contributed by atoms with Gasteiger partial charge in [-0.3, -0.25) is 4.79 Å². The molecular formula is C27H29F3N2O5S. The predicted octanol–water partition coefficient (Wildman–Crippen LogP) is 3.77. The summed E-state index contributed by atoms with van der Waals surface area (Å²) in [4.78, 5) is 26.5. The Balaban J connectivity index is 1.50. The van der Waals surface area contributed by atoms with Crippen LogP contribution in [0.15, 0.2) is 60.0 Å². The Kier molecular flexibility index (Phi) is 9.14. The fourth-order valence-corrected chi connectivity index (χ4v) is 5.52. The summed E-state index contributed by atoms with van der Waals surface area (Å²) < 4.78 is 58.7. The van der Waals surface area contributed by atoms with Crippen LogP contribution in [0, 0.1) is 0 Å². The molecule has 0 radical (unpaired) electrons. The molecule has 3 atom stereocenters. The van der Waals surface area contributed by atoms with E-state index in [0.717, 1.165) is 23.4 Å². The number of alkyl halides is 3. The molecule has 3 unspecified atom stereocenters. The van der Waals surface area contributed by atoms with Gasteiger partial charge in [0, 0.05) is 36.5 Å². The minimum Gasteiger partial charge on any atom is -0.467 e. The highest BCUT2D eigenvalue weighted by atomic mass is 32.2. The summed E-state index contributed by atoms with van der Waals surface area (Å²) in [7, 11) is 1.21. The maximum Gasteiger partial charge on any atom is 0.417 e. The van der Waals surface area contributed by atoms with E-state index in [-0.39, 0.29) is 41.8 Å². The van der Waals surface area contributed by atoms with Gasteiger partial charge in [-0.1, -0.05) is 54.7 Å². The van der Waals surface area contributed by atoms with Crippen LogP contribution in [0.25, 0.3) is 5.57 Å². The summed E-state index contributed by atoms with van der Waals surface area (Å²) in [6.07, 6.45) is -4.37. The first-order chi connectivity index (χ1) is 18.2. The van der Waals surface area contributed by atoms with Crippen LogP contribution in [0.5, 0.6) is 0 Å². The standard InChI is InChI=1S/C27H29F3N2O5S/c1-17(25(33)32-11-10-31-14-22(32)26(34)35-2)19-8-9-23(21(13-19)27(28,29)30)38-24-16-36-15-20(37-24)12-18-6-4-3-5-7-18/h3-9,13,20,22,24,31H,1,10-12,14-16H2,2H3. The lowest BCUT2D eigenvalue weighted by molar-refractivity contribution is -0.151. The Morgan fingerprint density at radius 1 is 1.18 bits per heavy atom. The van der Waals surface area contributed by atoms with E-state index in [1.165, 1.54) is 24.1 Å². The van der Waals surface area contributed by atoms with Gasteiger partial charge in [-0.05, 0) is 23.3 Å². The van der Waals surface area contributed by atoms with Crippen molar-refractivity contribution in [3.63, 3.8) is 0 Å². The van der Waals surface area contributed by atoms with Crippen LogP contribution in [0.3, 0.4) is 0 Å². The van der Waals surface area contributed by atoms with Gasteiger partial charge in [0.1, 0.15) is 11.5 Å². The fraction of sp³-hybridized carbons (Fsp3) is 0.407. The summed E-state index contributed by atoms with van der Waals surface area (Å²) in [5.41, 5.74) is -0.586. The van der Waals surface area contributed by atoms with E-state index >= 15 is 0 Å². The maximum atomic E-state index is 14.1. The highest BCUT2D eigenvalue weighted by molar-refractivity contribution is 7.99. The lowest BCUT2D eigenvalue weighted by Crippen LogP contribution is -2.57. The Labute approximate surface area is 223 Å². The molecule has 204 valence electrons. The fourth-order valence-electron chi connectivity index (χ4n) is 4.41. The first-order valence-corrected chi connectivity index (χ1v) is 13.0. The average Bonchev–Trinajstić information content (AvgIpc) is 2.92. The Bertz CT molecular complexity index is 1160. The molecule has 1 N–H and O–H groups in total. The number of nitrogens with zero attached hydrogens (tertiary/aromatic N) is 1. The van der Waals surface area contributed by atoms with E-state index in [4.69, 9.17) is 14.2 Å². The minimum absolute atomic E-state index is 0.0246. The Hall–Kier alpha value is -2.86. The molecule has 0 bridgehead atoms. The molecule has 0 spiro atoms. The van der Waals surface area contributed by atoms with Crippen LogP contribution in [0.2, 0.25) is 0 Å². The van der Waals surface area contributed by atoms with E-state index in [0.29, 0.717) is 19.6 Å². The number of halogens is 3. The molecular weight excluding hydrogens is 521 g/mol. The highest BCUT2D eigenvalue weighted by Crippen LogP contribution is 2.40. The zero-order chi connectivity index (χ0) is 27.3. The second kappa shape index (κ2) is 12.3. The molecule has 11 heteroatoms. The van der Waals surface area contributed by atoms with Gasteiger partial charge in [0.2, 0.25) is 0 Å². The Morgan fingerprint density at radius 2 is 1.95 bits per heavy atom. The second-order valence-electron chi connectivity index (χ2n) is 8.96. The molecule has 2 fully saturated rings. The van der Waals surface area contributed by atoms with E-state index < -0.39 is 35.1 Å². The normalized spacial score (nSPS) is 22.1. The van der Waals surface area contributed by atoms with E-state index in [2.05, 4.69) is 11.9 Å². The number of hydrogen-bond acceptors (Lipinski definition) is 7. The number of esters is 1. The molecule has 2 saturated heterocycles. The summed E-state index contributed by atoms with van der Waals surface area (Å²) in [6, 6.07) is 12.4. The van der Waals surface area contributed by atoms with E-state index in [1.807, 2.05) is 30.3 Å². The van der Waals surface area contributed by atoms with E-state index in [1.54, 1.807) is 0 Å². The van der Waals surface area contributed by atoms with Crippen molar-refractivity contribution >= 4 is 29.2 Å². The molecule has 38 heavy (non-hydrogen) atoms. The second-order valence-corrected chi connectivity index (χ2v) is 10.2. The quantitative estimate of drug-likeness (QED) is 0.416. The highest BCUT2D eigenvalue weighted by Gasteiger charge is 2.37. The van der Waals surface area contributed by atoms with Crippen LogP contribution < -0.4 is 5.32 Å². The van der Waals surface area contributed by atoms with Crippen LogP contribution in [-0.4, -0.2) is 74.3 Å². The molecule has 2 aliphatic rings. The topological polar surface area (TPSA) is 77.1 Å². The zero-order valence-corrected chi connectivity index (χ0v) is 21.6. The zero-order valence-electron chi connectivity index (χ0n) is 20.8. The van der Waals surface area contributed by atoms with Crippen LogP contribution in [0.1, 0.15) is 16.7 Å². The monoisotopic (exact) mass is 550 g/mol. The molecule has 4 rings (SSSR count). The summed E-state index contributed by atoms with van der Waals surface area (Å²) in [5, 5.41) is 3.01. The first-order valence-electron chi connectivity index (χ1n) is 12.1. The van der Waals surface area contributed by atoms with E-state index in [9.17, 15) is 22.8 Å². The predicted molar refractivity (Wildman–Crippen MR) is 136 cm³/mol. The molecule has 2 heterocycles. The third-order valence-electron chi connectivity index (χ3n) is 6.34. The van der Waals surface area contributed by atoms with Gasteiger partial charge in [0.15, 0.2) is 0 Å².